The van der Waals surface area contributed by atoms with E-state index >= 15 is 0 Å². The predicted molar refractivity (Wildman–Crippen MR) is 359 cm³/mol. The molecule has 0 atom stereocenters. The van der Waals surface area contributed by atoms with Gasteiger partial charge in [-0.3, -0.25) is 0 Å². The number of benzene rings is 11. The summed E-state index contributed by atoms with van der Waals surface area (Å²) in [6, 6.07) is 72.0. The Balaban J connectivity index is 0.941. The van der Waals surface area contributed by atoms with E-state index in [0.717, 1.165) is 185 Å². The fourth-order valence-corrected chi connectivity index (χ4v) is 16.6. The lowest BCUT2D eigenvalue weighted by molar-refractivity contribution is 0.00109. The Kier molecular flexibility index (Phi) is 9.01. The van der Waals surface area contributed by atoms with Crippen LogP contribution in [0.25, 0.3) is 66.8 Å². The predicted octanol–water partition coefficient (Wildman–Crippen LogP) is 15.0. The summed E-state index contributed by atoms with van der Waals surface area (Å²) in [4.78, 5) is 9.66. The maximum atomic E-state index is 8.10. The van der Waals surface area contributed by atoms with Crippen LogP contribution in [0.15, 0.2) is 200 Å². The molecule has 10 heterocycles. The van der Waals surface area contributed by atoms with Gasteiger partial charge in [0.25, 0.3) is 6.29 Å². The number of anilines is 8. The molecule has 21 rings (SSSR count). The number of fused-ring (bicyclic) bond motifs is 6. The molecule has 0 saturated heterocycles. The first-order valence-corrected chi connectivity index (χ1v) is 31.1. The molecule has 14 heteroatoms. The van der Waals surface area contributed by atoms with E-state index in [-0.39, 0.29) is 10.8 Å². The molecule has 89 heavy (non-hydrogen) atoms. The summed E-state index contributed by atoms with van der Waals surface area (Å²) in [6.45, 7) is 13.6. The monoisotopic (exact) mass is 1150 g/mol. The molecule has 0 spiro atoms. The van der Waals surface area contributed by atoms with Gasteiger partial charge in [-0.25, -0.2) is 0 Å². The first kappa shape index (κ1) is 48.8. The van der Waals surface area contributed by atoms with Crippen LogP contribution < -0.4 is 69.2 Å². The maximum Gasteiger partial charge on any atom is 0.525 e. The Morgan fingerprint density at radius 2 is 0.607 bits per heavy atom. The minimum Gasteiger partial charge on any atom is -0.537 e. The molecule has 10 aliphatic heterocycles. The molecule has 0 N–H and O–H groups in total. The lowest BCUT2D eigenvalue weighted by Crippen LogP contribution is -2.64. The molecule has 420 valence electrons. The van der Waals surface area contributed by atoms with Gasteiger partial charge in [0.15, 0.2) is 0 Å². The summed E-state index contributed by atoms with van der Waals surface area (Å²) >= 11 is 0. The Labute approximate surface area is 516 Å². The summed E-state index contributed by atoms with van der Waals surface area (Å²) in [5.41, 5.74) is 27.4. The fraction of sp³-hybridized carbons (Fsp3) is 0.120. The highest BCUT2D eigenvalue weighted by atomic mass is 16.7. The van der Waals surface area contributed by atoms with Crippen molar-refractivity contribution in [3.05, 3.63) is 217 Å². The van der Waals surface area contributed by atoms with Crippen molar-refractivity contribution in [3.63, 3.8) is 0 Å². The van der Waals surface area contributed by atoms with Crippen molar-refractivity contribution in [1.82, 2.24) is 0 Å². The third-order valence-corrected chi connectivity index (χ3v) is 20.3. The van der Waals surface area contributed by atoms with Gasteiger partial charge in [0, 0.05) is 112 Å². The Morgan fingerprint density at radius 3 is 0.944 bits per heavy atom. The number of para-hydroxylation sites is 6. The lowest BCUT2D eigenvalue weighted by Gasteiger charge is -2.52. The van der Waals surface area contributed by atoms with Crippen LogP contribution in [0.3, 0.4) is 0 Å². The number of rotatable bonds is 4. The van der Waals surface area contributed by atoms with Gasteiger partial charge in [-0.05, 0) is 124 Å². The third kappa shape index (κ3) is 6.03. The summed E-state index contributed by atoms with van der Waals surface area (Å²) in [5, 5.41) is 0. The zero-order valence-electron chi connectivity index (χ0n) is 49.7. The summed E-state index contributed by atoms with van der Waals surface area (Å²) in [7, 11) is -2.47. The number of ether oxygens (including phenoxy) is 2. The second-order valence-electron chi connectivity index (χ2n) is 27.1. The van der Waals surface area contributed by atoms with Crippen LogP contribution in [-0.2, 0) is 10.8 Å². The van der Waals surface area contributed by atoms with Gasteiger partial charge in [-0.15, -0.1) is 0 Å². The van der Waals surface area contributed by atoms with Crippen molar-refractivity contribution in [2.45, 2.75) is 58.7 Å². The van der Waals surface area contributed by atoms with E-state index < -0.39 is 34.5 Å². The Hall–Kier alpha value is -10.3. The molecule has 0 amide bonds. The number of hydrogen-bond donors (Lipinski definition) is 0. The van der Waals surface area contributed by atoms with Crippen molar-refractivity contribution in [3.8, 4) is 101 Å². The zero-order chi connectivity index (χ0) is 58.8. The Morgan fingerprint density at radius 1 is 0.303 bits per heavy atom. The molecule has 11 aromatic carbocycles. The first-order valence-electron chi connectivity index (χ1n) is 31.1. The van der Waals surface area contributed by atoms with E-state index in [4.69, 9.17) is 28.1 Å². The van der Waals surface area contributed by atoms with Gasteiger partial charge in [0.1, 0.15) is 34.5 Å². The van der Waals surface area contributed by atoms with E-state index in [1.54, 1.807) is 0 Å². The maximum absolute atomic E-state index is 8.10. The van der Waals surface area contributed by atoms with Crippen LogP contribution in [0.4, 0.5) is 45.5 Å². The minimum absolute atomic E-state index is 0.233. The molecule has 11 aromatic rings. The molecule has 0 aromatic heterocycles. The second kappa shape index (κ2) is 16.4. The molecular formula is C75H52B4N4O6. The highest BCUT2D eigenvalue weighted by Gasteiger charge is 2.62. The molecule has 10 nitrogen and oxygen atoms in total. The van der Waals surface area contributed by atoms with Gasteiger partial charge < -0.3 is 47.3 Å². The third-order valence-electron chi connectivity index (χ3n) is 20.3. The largest absolute Gasteiger partial charge is 0.537 e. The standard InChI is InChI=1S/C75H52B4N4O6/c1-74(2,3)40-35-52-60-54(37-40)88-78-69-63(60)67-56(46-31-19-21-33-48(46)80(76(67)86-52)42-23-11-7-12-24-42)71-65(69)58-50(82(78)44-27-15-9-16-28-44)39-51-59-62(58)73(84-71)85-72-57-47-32-20-22-34-49(47)81(43-25-13-8-14-26-43)77-68(57)64-61-53(87-77)36-41(75(4,5)6)38-55(61)89-79(70(64)66(59)72)83(51)45-29-17-10-18-30-45/h7-39,73H,1-6H3. The number of hydrogen-bond acceptors (Lipinski definition) is 10. The van der Waals surface area contributed by atoms with Crippen LogP contribution in [0.1, 0.15) is 64.5 Å². The van der Waals surface area contributed by atoms with E-state index in [1.165, 1.54) is 0 Å². The first-order chi connectivity index (χ1) is 43.5. The highest BCUT2D eigenvalue weighted by molar-refractivity contribution is 6.85. The second-order valence-corrected chi connectivity index (χ2v) is 27.1. The normalized spacial score (nSPS) is 15.8. The Bertz CT molecular complexity index is 4770. The van der Waals surface area contributed by atoms with Crippen LogP contribution in [0, 0.1) is 0 Å². The number of nitrogens with zero attached hydrogens (tertiary/aromatic N) is 4. The van der Waals surface area contributed by atoms with Crippen molar-refractivity contribution in [2.24, 2.45) is 0 Å². The van der Waals surface area contributed by atoms with Gasteiger partial charge in [-0.1, -0.05) is 151 Å². The quantitative estimate of drug-likeness (QED) is 0.159. The summed E-state index contributed by atoms with van der Waals surface area (Å²) in [6.07, 6.45) is -0.932. The van der Waals surface area contributed by atoms with Crippen molar-refractivity contribution < 1.29 is 28.1 Å². The van der Waals surface area contributed by atoms with Crippen LogP contribution in [0.2, 0.25) is 0 Å². The van der Waals surface area contributed by atoms with Crippen LogP contribution in [-0.4, -0.2) is 28.2 Å². The van der Waals surface area contributed by atoms with E-state index in [1.807, 2.05) is 0 Å². The van der Waals surface area contributed by atoms with Gasteiger partial charge in [0.05, 0.1) is 16.7 Å². The van der Waals surface area contributed by atoms with E-state index in [2.05, 4.69) is 261 Å². The van der Waals surface area contributed by atoms with Gasteiger partial charge >= 0.3 is 28.2 Å². The van der Waals surface area contributed by atoms with Crippen molar-refractivity contribution in [1.29, 1.82) is 0 Å². The smallest absolute Gasteiger partial charge is 0.525 e. The minimum atomic E-state index is -0.932. The molecular weight excluding hydrogens is 1100 g/mol. The summed E-state index contributed by atoms with van der Waals surface area (Å²) < 4.78 is 47.2. The average Bonchev–Trinajstić information content (AvgIpc) is 0.659. The highest BCUT2D eigenvalue weighted by Crippen LogP contribution is 2.68. The van der Waals surface area contributed by atoms with Crippen LogP contribution in [0.5, 0.6) is 34.5 Å². The molecule has 0 unspecified atom stereocenters. The average molecular weight is 1150 g/mol. The molecule has 0 aliphatic carbocycles. The molecule has 0 bridgehead atoms. The summed E-state index contributed by atoms with van der Waals surface area (Å²) in [5.74, 6) is 4.68. The van der Waals surface area contributed by atoms with E-state index in [9.17, 15) is 0 Å². The topological polar surface area (TPSA) is 68.3 Å². The molecule has 0 radical (unpaired) electrons. The molecule has 0 saturated carbocycles. The lowest BCUT2D eigenvalue weighted by atomic mass is 9.49. The van der Waals surface area contributed by atoms with Crippen molar-refractivity contribution >= 4 is 95.6 Å². The molecule has 10 aliphatic rings. The molecule has 0 fully saturated rings. The zero-order valence-corrected chi connectivity index (χ0v) is 49.7. The SMILES string of the molecule is CC(C)(C)c1cc2c3c(c1)OB1c4c5c(c6c(c4-3)B(O2)N(c2ccccc2)c2ccccc2-6)OC2Oc3c4c6c7c8c3-c3c(cc(c-5c32)N1c1ccccc1)N(c1ccccc1)B8Oc1cc(C(C)(C)C)cc(c1-7)OB6N(c1ccccc1)c1ccccc1-4. The fourth-order valence-electron chi connectivity index (χ4n) is 16.6. The van der Waals surface area contributed by atoms with Crippen LogP contribution >= 0.6 is 0 Å². The van der Waals surface area contributed by atoms with Crippen molar-refractivity contribution in [2.75, 3.05) is 19.2 Å². The van der Waals surface area contributed by atoms with E-state index in [0.29, 0.717) is 0 Å². The van der Waals surface area contributed by atoms with Gasteiger partial charge in [0.2, 0.25) is 0 Å². The van der Waals surface area contributed by atoms with Gasteiger partial charge in [-0.2, -0.15) is 0 Å².